The van der Waals surface area contributed by atoms with E-state index in [2.05, 4.69) is 15.6 Å². The van der Waals surface area contributed by atoms with Gasteiger partial charge in [-0.15, -0.1) is 5.10 Å². The van der Waals surface area contributed by atoms with E-state index in [1.165, 1.54) is 6.92 Å². The van der Waals surface area contributed by atoms with Crippen LogP contribution in [0.1, 0.15) is 29.8 Å². The van der Waals surface area contributed by atoms with Gasteiger partial charge in [-0.1, -0.05) is 17.3 Å². The summed E-state index contributed by atoms with van der Waals surface area (Å²) >= 11 is 0. The Kier molecular flexibility index (Phi) is 5.13. The molecule has 1 aromatic heterocycles. The van der Waals surface area contributed by atoms with Crippen molar-refractivity contribution >= 4 is 28.6 Å². The van der Waals surface area contributed by atoms with Gasteiger partial charge in [0.1, 0.15) is 11.6 Å². The summed E-state index contributed by atoms with van der Waals surface area (Å²) in [5.74, 6) is -1.16. The van der Waals surface area contributed by atoms with E-state index in [4.69, 9.17) is 10.00 Å². The second kappa shape index (κ2) is 7.66. The Labute approximate surface area is 155 Å². The van der Waals surface area contributed by atoms with E-state index >= 15 is 0 Å². The number of fused-ring (bicyclic) bond motifs is 1. The van der Waals surface area contributed by atoms with E-state index in [1.807, 2.05) is 13.0 Å². The van der Waals surface area contributed by atoms with Crippen molar-refractivity contribution in [3.8, 4) is 6.07 Å². The number of benzene rings is 2. The molecular weight excluding hydrogens is 346 g/mol. The topological polar surface area (TPSA) is 110 Å². The van der Waals surface area contributed by atoms with Crippen LogP contribution in [0.3, 0.4) is 0 Å². The van der Waals surface area contributed by atoms with Crippen molar-refractivity contribution in [1.82, 2.24) is 15.0 Å². The zero-order valence-corrected chi connectivity index (χ0v) is 14.8. The molecule has 1 amide bonds. The number of carbonyl (C=O) groups is 2. The van der Waals surface area contributed by atoms with Crippen LogP contribution in [-0.2, 0) is 16.1 Å². The van der Waals surface area contributed by atoms with Crippen molar-refractivity contribution in [2.24, 2.45) is 0 Å². The normalized spacial score (nSPS) is 11.6. The highest BCUT2D eigenvalue weighted by atomic mass is 16.5. The summed E-state index contributed by atoms with van der Waals surface area (Å²) in [5.41, 5.74) is 2.36. The fourth-order valence-electron chi connectivity index (χ4n) is 2.54. The van der Waals surface area contributed by atoms with E-state index in [-0.39, 0.29) is 5.56 Å². The van der Waals surface area contributed by atoms with Crippen LogP contribution in [0.2, 0.25) is 0 Å². The number of hydrogen-bond acceptors (Lipinski definition) is 6. The van der Waals surface area contributed by atoms with Crippen LogP contribution in [0.5, 0.6) is 0 Å². The van der Waals surface area contributed by atoms with Gasteiger partial charge in [0.15, 0.2) is 6.10 Å². The molecule has 0 spiro atoms. The van der Waals surface area contributed by atoms with Crippen molar-refractivity contribution in [3.63, 3.8) is 0 Å². The molecule has 1 heterocycles. The highest BCUT2D eigenvalue weighted by Gasteiger charge is 2.20. The third-order valence-electron chi connectivity index (χ3n) is 4.01. The van der Waals surface area contributed by atoms with Crippen LogP contribution in [-0.4, -0.2) is 33.0 Å². The molecule has 3 rings (SSSR count). The number of carbonyl (C=O) groups excluding carboxylic acids is 2. The minimum atomic E-state index is -1.04. The summed E-state index contributed by atoms with van der Waals surface area (Å²) in [5, 5.41) is 19.7. The predicted octanol–water partition coefficient (Wildman–Crippen LogP) is 2.51. The second-order valence-electron chi connectivity index (χ2n) is 5.80. The van der Waals surface area contributed by atoms with Crippen molar-refractivity contribution < 1.29 is 14.3 Å². The molecule has 0 unspecified atom stereocenters. The first kappa shape index (κ1) is 18.1. The zero-order chi connectivity index (χ0) is 19.4. The van der Waals surface area contributed by atoms with Crippen LogP contribution in [0.15, 0.2) is 42.5 Å². The van der Waals surface area contributed by atoms with E-state index in [0.717, 1.165) is 5.52 Å². The summed E-state index contributed by atoms with van der Waals surface area (Å²) in [7, 11) is 0. The van der Waals surface area contributed by atoms with Gasteiger partial charge in [-0.3, -0.25) is 4.79 Å². The first-order valence-electron chi connectivity index (χ1n) is 8.37. The van der Waals surface area contributed by atoms with E-state index in [9.17, 15) is 9.59 Å². The summed E-state index contributed by atoms with van der Waals surface area (Å²) in [6.45, 7) is 4.08. The van der Waals surface area contributed by atoms with Crippen molar-refractivity contribution in [3.05, 3.63) is 53.6 Å². The molecule has 3 aromatic rings. The lowest BCUT2D eigenvalue weighted by Gasteiger charge is -2.14. The average Bonchev–Trinajstić information content (AvgIpc) is 3.10. The van der Waals surface area contributed by atoms with Gasteiger partial charge in [0.05, 0.1) is 22.3 Å². The monoisotopic (exact) mass is 363 g/mol. The number of aromatic nitrogens is 3. The molecule has 0 saturated carbocycles. The number of nitrogens with one attached hydrogen (secondary N) is 1. The lowest BCUT2D eigenvalue weighted by Crippen LogP contribution is -2.30. The number of hydrogen-bond donors (Lipinski definition) is 1. The van der Waals surface area contributed by atoms with E-state index < -0.39 is 18.0 Å². The third kappa shape index (κ3) is 3.77. The van der Waals surface area contributed by atoms with Crippen LogP contribution in [0, 0.1) is 11.3 Å². The minimum Gasteiger partial charge on any atom is -0.449 e. The molecule has 2 aromatic carbocycles. The molecular formula is C19H17N5O3. The van der Waals surface area contributed by atoms with Crippen molar-refractivity contribution in [1.29, 1.82) is 5.26 Å². The highest BCUT2D eigenvalue weighted by molar-refractivity contribution is 5.99. The largest absolute Gasteiger partial charge is 0.449 e. The first-order valence-corrected chi connectivity index (χ1v) is 8.37. The molecule has 1 N–H and O–H groups in total. The van der Waals surface area contributed by atoms with Gasteiger partial charge in [0, 0.05) is 6.54 Å². The molecule has 0 bridgehead atoms. The van der Waals surface area contributed by atoms with E-state index in [1.54, 1.807) is 47.1 Å². The standard InChI is InChI=1S/C19H17N5O3/c1-3-24-17-9-8-13(10-16(17)22-23-24)19(26)27-12(2)18(25)21-15-7-5-4-6-14(15)11-20/h4-10,12H,3H2,1-2H3,(H,21,25)/t12-/m1/s1. The Hall–Kier alpha value is -3.73. The molecule has 0 radical (unpaired) electrons. The Morgan fingerprint density at radius 3 is 2.81 bits per heavy atom. The summed E-state index contributed by atoms with van der Waals surface area (Å²) in [6, 6.07) is 13.5. The lowest BCUT2D eigenvalue weighted by molar-refractivity contribution is -0.123. The molecule has 1 atom stereocenters. The number of aryl methyl sites for hydroxylation is 1. The predicted molar refractivity (Wildman–Crippen MR) is 97.9 cm³/mol. The Morgan fingerprint density at radius 2 is 2.07 bits per heavy atom. The lowest BCUT2D eigenvalue weighted by atomic mass is 10.2. The number of para-hydroxylation sites is 1. The summed E-state index contributed by atoms with van der Waals surface area (Å²) < 4.78 is 6.95. The molecule has 27 heavy (non-hydrogen) atoms. The molecule has 0 aliphatic heterocycles. The van der Waals surface area contributed by atoms with Gasteiger partial charge < -0.3 is 10.1 Å². The minimum absolute atomic E-state index is 0.280. The molecule has 136 valence electrons. The molecule has 0 aliphatic carbocycles. The number of nitriles is 1. The number of anilines is 1. The molecule has 0 aliphatic rings. The fourth-order valence-corrected chi connectivity index (χ4v) is 2.54. The number of nitrogens with zero attached hydrogens (tertiary/aromatic N) is 4. The van der Waals surface area contributed by atoms with Gasteiger partial charge in [0.2, 0.25) is 0 Å². The maximum absolute atomic E-state index is 12.3. The van der Waals surface area contributed by atoms with Crippen LogP contribution in [0.25, 0.3) is 11.0 Å². The second-order valence-corrected chi connectivity index (χ2v) is 5.80. The number of ether oxygens (including phenoxy) is 1. The summed E-state index contributed by atoms with van der Waals surface area (Å²) in [4.78, 5) is 24.6. The fraction of sp³-hybridized carbons (Fsp3) is 0.211. The zero-order valence-electron chi connectivity index (χ0n) is 14.8. The number of esters is 1. The van der Waals surface area contributed by atoms with Crippen LogP contribution in [0.4, 0.5) is 5.69 Å². The van der Waals surface area contributed by atoms with Crippen molar-refractivity contribution in [2.75, 3.05) is 5.32 Å². The van der Waals surface area contributed by atoms with E-state index in [0.29, 0.717) is 23.3 Å². The maximum atomic E-state index is 12.3. The van der Waals surface area contributed by atoms with Gasteiger partial charge in [-0.05, 0) is 44.2 Å². The van der Waals surface area contributed by atoms with Crippen LogP contribution < -0.4 is 5.32 Å². The molecule has 8 nitrogen and oxygen atoms in total. The van der Waals surface area contributed by atoms with Gasteiger partial charge in [-0.25, -0.2) is 9.48 Å². The average molecular weight is 363 g/mol. The van der Waals surface area contributed by atoms with Gasteiger partial charge in [0.25, 0.3) is 5.91 Å². The maximum Gasteiger partial charge on any atom is 0.338 e. The first-order chi connectivity index (χ1) is 13.0. The molecule has 0 saturated heterocycles. The quantitative estimate of drug-likeness (QED) is 0.698. The smallest absolute Gasteiger partial charge is 0.338 e. The SMILES string of the molecule is CCn1nnc2cc(C(=O)O[C@H](C)C(=O)Nc3ccccc3C#N)ccc21. The third-order valence-corrected chi connectivity index (χ3v) is 4.01. The highest BCUT2D eigenvalue weighted by Crippen LogP contribution is 2.16. The molecule has 8 heteroatoms. The number of rotatable bonds is 5. The molecule has 0 fully saturated rings. The Balaban J connectivity index is 1.69. The Morgan fingerprint density at radius 1 is 1.30 bits per heavy atom. The van der Waals surface area contributed by atoms with Gasteiger partial charge >= 0.3 is 5.97 Å². The Bertz CT molecular complexity index is 1050. The van der Waals surface area contributed by atoms with Gasteiger partial charge in [-0.2, -0.15) is 5.26 Å². The number of amides is 1. The van der Waals surface area contributed by atoms with Crippen LogP contribution >= 0.6 is 0 Å². The van der Waals surface area contributed by atoms with Crippen molar-refractivity contribution in [2.45, 2.75) is 26.5 Å². The summed E-state index contributed by atoms with van der Waals surface area (Å²) in [6.07, 6.45) is -1.04.